The van der Waals surface area contributed by atoms with E-state index in [1.54, 1.807) is 0 Å². The van der Waals surface area contributed by atoms with Crippen molar-refractivity contribution in [2.24, 2.45) is 5.41 Å². The predicted molar refractivity (Wildman–Crippen MR) is 70.0 cm³/mol. The molecular formula is C14H17N3O. The number of nitrogens with two attached hydrogens (primary N) is 1. The van der Waals surface area contributed by atoms with E-state index in [-0.39, 0.29) is 0 Å². The Morgan fingerprint density at radius 3 is 2.72 bits per heavy atom. The number of nitrogens with zero attached hydrogens (tertiary/aromatic N) is 2. The molecule has 1 aromatic carbocycles. The standard InChI is InChI=1S/C14H17N3O/c1-8-6-9(15)4-5-10(8)13-16-12(17-18-13)11-7-14(11,2)3/h4-6,11H,7,15H2,1-3H3. The third-order valence-corrected chi connectivity index (χ3v) is 3.75. The van der Waals surface area contributed by atoms with Gasteiger partial charge >= 0.3 is 0 Å². The summed E-state index contributed by atoms with van der Waals surface area (Å²) >= 11 is 0. The van der Waals surface area contributed by atoms with Crippen LogP contribution in [-0.4, -0.2) is 10.1 Å². The fourth-order valence-corrected chi connectivity index (χ4v) is 2.32. The van der Waals surface area contributed by atoms with Crippen LogP contribution in [0.4, 0.5) is 5.69 Å². The van der Waals surface area contributed by atoms with Crippen LogP contribution in [0.1, 0.15) is 37.6 Å². The highest BCUT2D eigenvalue weighted by Crippen LogP contribution is 2.57. The van der Waals surface area contributed by atoms with Gasteiger partial charge in [-0.25, -0.2) is 0 Å². The molecule has 4 nitrogen and oxygen atoms in total. The van der Waals surface area contributed by atoms with Gasteiger partial charge in [-0.1, -0.05) is 19.0 Å². The zero-order valence-electron chi connectivity index (χ0n) is 10.9. The molecule has 94 valence electrons. The summed E-state index contributed by atoms with van der Waals surface area (Å²) in [6.45, 7) is 6.45. The van der Waals surface area contributed by atoms with Crippen molar-refractivity contribution in [1.29, 1.82) is 0 Å². The molecule has 0 aliphatic heterocycles. The van der Waals surface area contributed by atoms with E-state index in [0.717, 1.165) is 29.1 Å². The zero-order chi connectivity index (χ0) is 12.9. The number of benzene rings is 1. The SMILES string of the molecule is Cc1cc(N)ccc1-c1nc(C2CC2(C)C)no1. The van der Waals surface area contributed by atoms with E-state index in [2.05, 4.69) is 24.0 Å². The molecule has 1 unspecified atom stereocenters. The lowest BCUT2D eigenvalue weighted by molar-refractivity contribution is 0.419. The van der Waals surface area contributed by atoms with Gasteiger partial charge in [0.2, 0.25) is 0 Å². The van der Waals surface area contributed by atoms with Crippen molar-refractivity contribution in [1.82, 2.24) is 10.1 Å². The first-order chi connectivity index (χ1) is 8.47. The van der Waals surface area contributed by atoms with Crippen molar-refractivity contribution < 1.29 is 4.52 Å². The molecule has 1 fully saturated rings. The molecule has 1 heterocycles. The Morgan fingerprint density at radius 2 is 2.11 bits per heavy atom. The molecule has 0 radical (unpaired) electrons. The van der Waals surface area contributed by atoms with Gasteiger partial charge in [-0.2, -0.15) is 4.98 Å². The van der Waals surface area contributed by atoms with Crippen LogP contribution in [0.25, 0.3) is 11.5 Å². The topological polar surface area (TPSA) is 64.9 Å². The largest absolute Gasteiger partial charge is 0.399 e. The molecule has 1 atom stereocenters. The van der Waals surface area contributed by atoms with Gasteiger partial charge in [0.05, 0.1) is 0 Å². The first-order valence-corrected chi connectivity index (χ1v) is 6.17. The molecule has 2 N–H and O–H groups in total. The van der Waals surface area contributed by atoms with E-state index in [4.69, 9.17) is 10.3 Å². The molecule has 0 bridgehead atoms. The van der Waals surface area contributed by atoms with Crippen LogP contribution in [0, 0.1) is 12.3 Å². The van der Waals surface area contributed by atoms with E-state index in [9.17, 15) is 0 Å². The lowest BCUT2D eigenvalue weighted by Crippen LogP contribution is -1.92. The Hall–Kier alpha value is -1.84. The Labute approximate surface area is 106 Å². The van der Waals surface area contributed by atoms with Crippen molar-refractivity contribution in [2.75, 3.05) is 5.73 Å². The van der Waals surface area contributed by atoms with Crippen LogP contribution in [0.15, 0.2) is 22.7 Å². The van der Waals surface area contributed by atoms with E-state index < -0.39 is 0 Å². The third-order valence-electron chi connectivity index (χ3n) is 3.75. The first-order valence-electron chi connectivity index (χ1n) is 6.17. The maximum atomic E-state index is 5.74. The van der Waals surface area contributed by atoms with Crippen LogP contribution in [-0.2, 0) is 0 Å². The molecule has 18 heavy (non-hydrogen) atoms. The smallest absolute Gasteiger partial charge is 0.258 e. The van der Waals surface area contributed by atoms with Gasteiger partial charge in [-0.05, 0) is 42.5 Å². The minimum absolute atomic E-state index is 0.317. The molecular weight excluding hydrogens is 226 g/mol. The fraction of sp³-hybridized carbons (Fsp3) is 0.429. The van der Waals surface area contributed by atoms with Gasteiger partial charge in [0.15, 0.2) is 5.82 Å². The Balaban J connectivity index is 1.94. The van der Waals surface area contributed by atoms with Crippen molar-refractivity contribution in [3.8, 4) is 11.5 Å². The summed E-state index contributed by atoms with van der Waals surface area (Å²) in [7, 11) is 0. The maximum Gasteiger partial charge on any atom is 0.258 e. The van der Waals surface area contributed by atoms with Crippen molar-refractivity contribution in [2.45, 2.75) is 33.1 Å². The molecule has 1 aliphatic carbocycles. The van der Waals surface area contributed by atoms with Crippen molar-refractivity contribution >= 4 is 5.69 Å². The van der Waals surface area contributed by atoms with Crippen molar-refractivity contribution in [3.05, 3.63) is 29.6 Å². The number of anilines is 1. The van der Waals surface area contributed by atoms with Gasteiger partial charge in [-0.15, -0.1) is 0 Å². The highest BCUT2D eigenvalue weighted by Gasteiger charge is 2.49. The Bertz CT molecular complexity index is 601. The highest BCUT2D eigenvalue weighted by atomic mass is 16.5. The molecule has 3 rings (SSSR count). The minimum Gasteiger partial charge on any atom is -0.399 e. The van der Waals surface area contributed by atoms with Gasteiger partial charge in [0, 0.05) is 17.2 Å². The van der Waals surface area contributed by atoms with Gasteiger partial charge in [0.1, 0.15) is 0 Å². The second kappa shape index (κ2) is 3.57. The van der Waals surface area contributed by atoms with Gasteiger partial charge < -0.3 is 10.3 Å². The molecule has 0 amide bonds. The lowest BCUT2D eigenvalue weighted by Gasteiger charge is -2.01. The number of hydrogen-bond acceptors (Lipinski definition) is 4. The van der Waals surface area contributed by atoms with E-state index in [1.807, 2.05) is 25.1 Å². The Kier molecular flexibility index (Phi) is 2.24. The normalized spacial score (nSPS) is 20.9. The fourth-order valence-electron chi connectivity index (χ4n) is 2.32. The monoisotopic (exact) mass is 243 g/mol. The number of nitrogen functional groups attached to an aromatic ring is 1. The molecule has 0 saturated heterocycles. The van der Waals surface area contributed by atoms with E-state index in [0.29, 0.717) is 17.2 Å². The van der Waals surface area contributed by atoms with Crippen molar-refractivity contribution in [3.63, 3.8) is 0 Å². The molecule has 1 saturated carbocycles. The Morgan fingerprint density at radius 1 is 1.39 bits per heavy atom. The maximum absolute atomic E-state index is 5.74. The van der Waals surface area contributed by atoms with Crippen LogP contribution < -0.4 is 5.73 Å². The zero-order valence-corrected chi connectivity index (χ0v) is 10.9. The summed E-state index contributed by atoms with van der Waals surface area (Å²) in [6.07, 6.45) is 1.13. The average Bonchev–Trinajstić information content (AvgIpc) is 2.74. The summed E-state index contributed by atoms with van der Waals surface area (Å²) in [5.41, 5.74) is 8.82. The van der Waals surface area contributed by atoms with Gasteiger partial charge in [-0.3, -0.25) is 0 Å². The molecule has 2 aromatic rings. The molecule has 1 aromatic heterocycles. The third kappa shape index (κ3) is 1.78. The van der Waals surface area contributed by atoms with Crippen LogP contribution in [0.2, 0.25) is 0 Å². The summed E-state index contributed by atoms with van der Waals surface area (Å²) in [5.74, 6) is 1.85. The second-order valence-corrected chi connectivity index (χ2v) is 5.78. The predicted octanol–water partition coefficient (Wildman–Crippen LogP) is 3.14. The quantitative estimate of drug-likeness (QED) is 0.823. The number of aryl methyl sites for hydroxylation is 1. The summed E-state index contributed by atoms with van der Waals surface area (Å²) in [5, 5.41) is 4.10. The number of hydrogen-bond donors (Lipinski definition) is 1. The average molecular weight is 243 g/mol. The summed E-state index contributed by atoms with van der Waals surface area (Å²) < 4.78 is 5.36. The lowest BCUT2D eigenvalue weighted by atomic mass is 10.1. The number of aromatic nitrogens is 2. The molecule has 0 spiro atoms. The number of rotatable bonds is 2. The van der Waals surface area contributed by atoms with Gasteiger partial charge in [0.25, 0.3) is 5.89 Å². The second-order valence-electron chi connectivity index (χ2n) is 5.78. The van der Waals surface area contributed by atoms with Crippen LogP contribution in [0.5, 0.6) is 0 Å². The first kappa shape index (κ1) is 11.3. The molecule has 4 heteroatoms. The summed E-state index contributed by atoms with van der Waals surface area (Å²) in [6, 6.07) is 5.70. The highest BCUT2D eigenvalue weighted by molar-refractivity contribution is 5.62. The van der Waals surface area contributed by atoms with E-state index in [1.165, 1.54) is 0 Å². The van der Waals surface area contributed by atoms with Crippen LogP contribution >= 0.6 is 0 Å². The van der Waals surface area contributed by atoms with E-state index >= 15 is 0 Å². The molecule has 1 aliphatic rings. The minimum atomic E-state index is 0.317. The van der Waals surface area contributed by atoms with Crippen LogP contribution in [0.3, 0.4) is 0 Å². The summed E-state index contributed by atoms with van der Waals surface area (Å²) in [4.78, 5) is 4.51.